The Morgan fingerprint density at radius 2 is 2.12 bits per heavy atom. The van der Waals surface area contributed by atoms with Crippen LogP contribution in [0.3, 0.4) is 0 Å². The summed E-state index contributed by atoms with van der Waals surface area (Å²) in [7, 11) is 0. The van der Waals surface area contributed by atoms with Crippen molar-refractivity contribution in [2.75, 3.05) is 0 Å². The lowest BCUT2D eigenvalue weighted by Gasteiger charge is -2.09. The van der Waals surface area contributed by atoms with Gasteiger partial charge in [0.2, 0.25) is 0 Å². The van der Waals surface area contributed by atoms with E-state index in [1.54, 1.807) is 11.3 Å². The highest BCUT2D eigenvalue weighted by Crippen LogP contribution is 2.33. The fraction of sp³-hybridized carbons (Fsp3) is 0.250. The molecule has 1 N–H and O–H groups in total. The molecule has 0 aliphatic rings. The first-order valence-electron chi connectivity index (χ1n) is 7.51. The molecule has 0 aliphatic heterocycles. The molecule has 4 heterocycles. The van der Waals surface area contributed by atoms with Crippen LogP contribution in [-0.2, 0) is 0 Å². The van der Waals surface area contributed by atoms with Crippen LogP contribution < -0.4 is 5.56 Å². The molecule has 0 saturated heterocycles. The molecule has 4 aromatic rings. The van der Waals surface area contributed by atoms with E-state index < -0.39 is 0 Å². The first kappa shape index (κ1) is 15.3. The Kier molecular flexibility index (Phi) is 3.65. The minimum absolute atomic E-state index is 0.0441. The Bertz CT molecular complexity index is 1110. The summed E-state index contributed by atoms with van der Waals surface area (Å²) < 4.78 is 1.93. The topological polar surface area (TPSA) is 75.9 Å². The van der Waals surface area contributed by atoms with E-state index in [-0.39, 0.29) is 10.8 Å². The van der Waals surface area contributed by atoms with Crippen molar-refractivity contribution in [2.45, 2.75) is 31.2 Å². The third kappa shape index (κ3) is 2.42. The number of hydrogen-bond donors (Lipinski definition) is 1. The molecule has 0 unspecified atom stereocenters. The van der Waals surface area contributed by atoms with Crippen LogP contribution in [0.1, 0.15) is 28.4 Å². The predicted molar refractivity (Wildman–Crippen MR) is 97.0 cm³/mol. The van der Waals surface area contributed by atoms with Crippen molar-refractivity contribution >= 4 is 39.0 Å². The molecule has 0 bridgehead atoms. The van der Waals surface area contributed by atoms with Crippen LogP contribution in [0.5, 0.6) is 0 Å². The van der Waals surface area contributed by atoms with Crippen LogP contribution in [-0.4, -0.2) is 24.6 Å². The fourth-order valence-electron chi connectivity index (χ4n) is 2.58. The second-order valence-corrected chi connectivity index (χ2v) is 8.10. The van der Waals surface area contributed by atoms with Crippen LogP contribution in [0.2, 0.25) is 0 Å². The first-order valence-corrected chi connectivity index (χ1v) is 9.20. The summed E-state index contributed by atoms with van der Waals surface area (Å²) >= 11 is 3.08. The Morgan fingerprint density at radius 3 is 2.96 bits per heavy atom. The van der Waals surface area contributed by atoms with Gasteiger partial charge in [0.25, 0.3) is 5.56 Å². The highest BCUT2D eigenvalue weighted by atomic mass is 32.2. The van der Waals surface area contributed by atoms with Gasteiger partial charge in [-0.1, -0.05) is 17.8 Å². The minimum atomic E-state index is -0.0737. The number of nitrogens with zero attached hydrogens (tertiary/aromatic N) is 4. The van der Waals surface area contributed by atoms with E-state index in [0.717, 1.165) is 26.1 Å². The lowest BCUT2D eigenvalue weighted by atomic mass is 10.2. The minimum Gasteiger partial charge on any atom is -0.309 e. The third-order valence-corrected chi connectivity index (χ3v) is 6.17. The van der Waals surface area contributed by atoms with E-state index in [0.29, 0.717) is 11.2 Å². The quantitative estimate of drug-likeness (QED) is 0.568. The van der Waals surface area contributed by atoms with Gasteiger partial charge in [0.05, 0.1) is 10.6 Å². The molecule has 4 aromatic heterocycles. The van der Waals surface area contributed by atoms with Crippen molar-refractivity contribution in [3.8, 4) is 0 Å². The van der Waals surface area contributed by atoms with Gasteiger partial charge in [-0.05, 0) is 38.5 Å². The molecule has 24 heavy (non-hydrogen) atoms. The molecule has 0 aliphatic carbocycles. The molecular formula is C16H15N5OS2. The maximum Gasteiger partial charge on any atom is 0.259 e. The Balaban J connectivity index is 1.73. The summed E-state index contributed by atoms with van der Waals surface area (Å²) in [5, 5.41) is 9.81. The van der Waals surface area contributed by atoms with Crippen molar-refractivity contribution < 1.29 is 0 Å². The Labute approximate surface area is 146 Å². The zero-order valence-electron chi connectivity index (χ0n) is 13.4. The maximum absolute atomic E-state index is 12.4. The van der Waals surface area contributed by atoms with Crippen molar-refractivity contribution in [1.82, 2.24) is 24.6 Å². The molecule has 0 spiro atoms. The van der Waals surface area contributed by atoms with Gasteiger partial charge >= 0.3 is 0 Å². The number of H-pyrrole nitrogens is 1. The molecule has 0 saturated carbocycles. The molecule has 0 radical (unpaired) electrons. The summed E-state index contributed by atoms with van der Waals surface area (Å²) in [6.45, 7) is 5.98. The van der Waals surface area contributed by atoms with Crippen LogP contribution in [0, 0.1) is 13.8 Å². The highest BCUT2D eigenvalue weighted by Gasteiger charge is 2.18. The molecule has 0 aromatic carbocycles. The van der Waals surface area contributed by atoms with Crippen molar-refractivity contribution in [2.24, 2.45) is 0 Å². The summed E-state index contributed by atoms with van der Waals surface area (Å²) in [6, 6.07) is 5.77. The van der Waals surface area contributed by atoms with Crippen LogP contribution >= 0.6 is 23.1 Å². The van der Waals surface area contributed by atoms with Gasteiger partial charge in [-0.15, -0.1) is 21.5 Å². The zero-order chi connectivity index (χ0) is 16.8. The van der Waals surface area contributed by atoms with E-state index in [1.165, 1.54) is 11.8 Å². The Hall–Kier alpha value is -2.19. The SMILES string of the molecule is Cc1sc2nc([C@H](C)Sc3nnc4ccccn34)[nH]c(=O)c2c1C. The lowest BCUT2D eigenvalue weighted by molar-refractivity contribution is 0.884. The second-order valence-electron chi connectivity index (χ2n) is 5.59. The summed E-state index contributed by atoms with van der Waals surface area (Å²) in [4.78, 5) is 21.9. The van der Waals surface area contributed by atoms with E-state index >= 15 is 0 Å². The maximum atomic E-state index is 12.4. The monoisotopic (exact) mass is 357 g/mol. The largest absolute Gasteiger partial charge is 0.309 e. The molecule has 0 fully saturated rings. The number of thiophene rings is 1. The molecule has 0 amide bonds. The average molecular weight is 357 g/mol. The lowest BCUT2D eigenvalue weighted by Crippen LogP contribution is -2.12. The van der Waals surface area contributed by atoms with Gasteiger partial charge in [-0.25, -0.2) is 4.98 Å². The molecule has 6 nitrogen and oxygen atoms in total. The number of hydrogen-bond acceptors (Lipinski definition) is 6. The standard InChI is InChI=1S/C16H15N5OS2/c1-8-9(2)23-15-12(8)14(22)17-13(18-15)10(3)24-16-20-19-11-6-4-5-7-21(11)16/h4-7,10H,1-3H3,(H,17,18,22)/t10-/m0/s1. The number of aromatic amines is 1. The van der Waals surface area contributed by atoms with Gasteiger partial charge < -0.3 is 4.98 Å². The number of fused-ring (bicyclic) bond motifs is 2. The average Bonchev–Trinajstić information content (AvgIpc) is 3.09. The molecule has 1 atom stereocenters. The normalized spacial score (nSPS) is 13.0. The van der Waals surface area contributed by atoms with Crippen molar-refractivity contribution in [3.05, 3.63) is 51.0 Å². The molecule has 122 valence electrons. The summed E-state index contributed by atoms with van der Waals surface area (Å²) in [6.07, 6.45) is 1.93. The van der Waals surface area contributed by atoms with Crippen LogP contribution in [0.4, 0.5) is 0 Å². The van der Waals surface area contributed by atoms with Gasteiger partial charge in [0.1, 0.15) is 10.7 Å². The van der Waals surface area contributed by atoms with E-state index in [9.17, 15) is 4.79 Å². The van der Waals surface area contributed by atoms with Crippen molar-refractivity contribution in [3.63, 3.8) is 0 Å². The van der Waals surface area contributed by atoms with Gasteiger partial charge in [-0.2, -0.15) is 0 Å². The predicted octanol–water partition coefficient (Wildman–Crippen LogP) is 3.50. The van der Waals surface area contributed by atoms with E-state index in [2.05, 4.69) is 20.2 Å². The Morgan fingerprint density at radius 1 is 1.29 bits per heavy atom. The third-order valence-electron chi connectivity index (χ3n) is 4.01. The molecule has 8 heteroatoms. The van der Waals surface area contributed by atoms with Crippen LogP contribution in [0.25, 0.3) is 15.9 Å². The second kappa shape index (κ2) is 5.71. The number of thioether (sulfide) groups is 1. The van der Waals surface area contributed by atoms with Gasteiger partial charge in [0, 0.05) is 11.1 Å². The van der Waals surface area contributed by atoms with Gasteiger partial charge in [0.15, 0.2) is 10.8 Å². The van der Waals surface area contributed by atoms with Gasteiger partial charge in [-0.3, -0.25) is 9.20 Å². The smallest absolute Gasteiger partial charge is 0.259 e. The molecule has 4 rings (SSSR count). The number of rotatable bonds is 3. The van der Waals surface area contributed by atoms with E-state index in [1.807, 2.05) is 49.6 Å². The fourth-order valence-corrected chi connectivity index (χ4v) is 4.51. The van der Waals surface area contributed by atoms with Crippen molar-refractivity contribution in [1.29, 1.82) is 0 Å². The number of aryl methyl sites for hydroxylation is 2. The van der Waals surface area contributed by atoms with E-state index in [4.69, 9.17) is 0 Å². The number of pyridine rings is 1. The molecular weight excluding hydrogens is 342 g/mol. The highest BCUT2D eigenvalue weighted by molar-refractivity contribution is 7.99. The first-order chi connectivity index (χ1) is 11.5. The zero-order valence-corrected chi connectivity index (χ0v) is 15.0. The van der Waals surface area contributed by atoms with Crippen LogP contribution in [0.15, 0.2) is 34.3 Å². The summed E-state index contributed by atoms with van der Waals surface area (Å²) in [5.41, 5.74) is 1.74. The summed E-state index contributed by atoms with van der Waals surface area (Å²) in [5.74, 6) is 0.659. The number of aromatic nitrogens is 5. The number of nitrogens with one attached hydrogen (secondary N) is 1.